The fraction of sp³-hybridized carbons (Fsp3) is 0.611. The first kappa shape index (κ1) is 20.2. The molecule has 1 fully saturated rings. The van der Waals surface area contributed by atoms with Gasteiger partial charge in [0.1, 0.15) is 0 Å². The van der Waals surface area contributed by atoms with Crippen molar-refractivity contribution in [2.45, 2.75) is 26.5 Å². The van der Waals surface area contributed by atoms with Crippen LogP contribution in [-0.2, 0) is 11.3 Å². The number of guanidine groups is 1. The van der Waals surface area contributed by atoms with E-state index >= 15 is 0 Å². The molecular formula is C18H27F2N3O3. The number of hydrogen-bond donors (Lipinski definition) is 1. The molecule has 146 valence electrons. The van der Waals surface area contributed by atoms with E-state index in [1.807, 2.05) is 7.05 Å². The van der Waals surface area contributed by atoms with Gasteiger partial charge in [-0.2, -0.15) is 8.78 Å². The average molecular weight is 371 g/mol. The van der Waals surface area contributed by atoms with Gasteiger partial charge >= 0.3 is 6.61 Å². The summed E-state index contributed by atoms with van der Waals surface area (Å²) in [5.41, 5.74) is 0.883. The van der Waals surface area contributed by atoms with E-state index in [1.54, 1.807) is 26.1 Å². The Morgan fingerprint density at radius 3 is 2.85 bits per heavy atom. The van der Waals surface area contributed by atoms with Crippen LogP contribution in [0.5, 0.6) is 11.5 Å². The summed E-state index contributed by atoms with van der Waals surface area (Å²) in [4.78, 5) is 6.36. The number of nitrogens with zero attached hydrogens (tertiary/aromatic N) is 2. The fourth-order valence-electron chi connectivity index (χ4n) is 2.89. The molecule has 0 bridgehead atoms. The highest BCUT2D eigenvalue weighted by Crippen LogP contribution is 2.29. The second kappa shape index (κ2) is 10.2. The molecule has 6 nitrogen and oxygen atoms in total. The molecule has 0 aromatic heterocycles. The highest BCUT2D eigenvalue weighted by Gasteiger charge is 2.19. The summed E-state index contributed by atoms with van der Waals surface area (Å²) in [5.74, 6) is 1.61. The molecule has 1 atom stereocenters. The van der Waals surface area contributed by atoms with Crippen molar-refractivity contribution in [3.63, 3.8) is 0 Å². The smallest absolute Gasteiger partial charge is 0.387 e. The molecule has 1 heterocycles. The first-order valence-corrected chi connectivity index (χ1v) is 8.73. The number of nitrogens with one attached hydrogen (secondary N) is 1. The summed E-state index contributed by atoms with van der Waals surface area (Å²) in [7, 11) is 3.72. The summed E-state index contributed by atoms with van der Waals surface area (Å²) in [5, 5.41) is 3.28. The Bertz CT molecular complexity index is 593. The topological polar surface area (TPSA) is 55.3 Å². The minimum Gasteiger partial charge on any atom is -0.490 e. The molecule has 2 rings (SSSR count). The van der Waals surface area contributed by atoms with Crippen LogP contribution in [0.25, 0.3) is 0 Å². The van der Waals surface area contributed by atoms with Crippen molar-refractivity contribution >= 4 is 5.96 Å². The molecule has 8 heteroatoms. The number of aliphatic imine (C=N–C) groups is 1. The maximum absolute atomic E-state index is 12.5. The van der Waals surface area contributed by atoms with Crippen LogP contribution in [-0.4, -0.2) is 57.9 Å². The van der Waals surface area contributed by atoms with Crippen LogP contribution >= 0.6 is 0 Å². The predicted molar refractivity (Wildman–Crippen MR) is 96.0 cm³/mol. The highest BCUT2D eigenvalue weighted by molar-refractivity contribution is 5.79. The Morgan fingerprint density at radius 2 is 2.23 bits per heavy atom. The van der Waals surface area contributed by atoms with Gasteiger partial charge in [0.15, 0.2) is 17.5 Å². The van der Waals surface area contributed by atoms with Gasteiger partial charge in [0, 0.05) is 39.7 Å². The summed E-state index contributed by atoms with van der Waals surface area (Å²) in [6.45, 7) is 2.23. The van der Waals surface area contributed by atoms with Crippen molar-refractivity contribution in [1.82, 2.24) is 10.2 Å². The van der Waals surface area contributed by atoms with E-state index in [9.17, 15) is 8.78 Å². The fourth-order valence-corrected chi connectivity index (χ4v) is 2.89. The average Bonchev–Trinajstić information content (AvgIpc) is 3.10. The minimum absolute atomic E-state index is 0.0355. The lowest BCUT2D eigenvalue weighted by Crippen LogP contribution is -2.41. The van der Waals surface area contributed by atoms with Crippen molar-refractivity contribution in [2.24, 2.45) is 10.9 Å². The Morgan fingerprint density at radius 1 is 1.42 bits per heavy atom. The van der Waals surface area contributed by atoms with Crippen LogP contribution < -0.4 is 14.8 Å². The molecule has 1 aromatic carbocycles. The molecule has 1 aliphatic heterocycles. The van der Waals surface area contributed by atoms with Crippen molar-refractivity contribution in [2.75, 3.05) is 40.5 Å². The second-order valence-corrected chi connectivity index (χ2v) is 6.10. The standard InChI is InChI=1S/C18H27F2N3O3/c1-4-25-16-9-13(5-6-15(16)26-17(19)20)10-22-18(21-2)23(3)11-14-7-8-24-12-14/h5-6,9,14,17H,4,7-8,10-12H2,1-3H3,(H,21,22). The quantitative estimate of drug-likeness (QED) is 0.563. The van der Waals surface area contributed by atoms with Crippen molar-refractivity contribution < 1.29 is 23.0 Å². The van der Waals surface area contributed by atoms with E-state index < -0.39 is 6.61 Å². The van der Waals surface area contributed by atoms with Crippen LogP contribution in [0.2, 0.25) is 0 Å². The monoisotopic (exact) mass is 371 g/mol. The molecule has 0 saturated carbocycles. The van der Waals surface area contributed by atoms with Gasteiger partial charge in [-0.3, -0.25) is 4.99 Å². The Labute approximate surface area is 153 Å². The lowest BCUT2D eigenvalue weighted by Gasteiger charge is -2.24. The largest absolute Gasteiger partial charge is 0.490 e. The molecule has 0 spiro atoms. The number of rotatable bonds is 8. The van der Waals surface area contributed by atoms with Crippen molar-refractivity contribution in [3.05, 3.63) is 23.8 Å². The van der Waals surface area contributed by atoms with E-state index in [2.05, 4.69) is 19.9 Å². The normalized spacial score (nSPS) is 17.5. The summed E-state index contributed by atoms with van der Waals surface area (Å²) < 4.78 is 40.3. The van der Waals surface area contributed by atoms with Crippen LogP contribution in [0.15, 0.2) is 23.2 Å². The first-order valence-electron chi connectivity index (χ1n) is 8.73. The van der Waals surface area contributed by atoms with Crippen LogP contribution in [0.4, 0.5) is 8.78 Å². The van der Waals surface area contributed by atoms with Gasteiger partial charge in [-0.1, -0.05) is 6.07 Å². The van der Waals surface area contributed by atoms with Gasteiger partial charge < -0.3 is 24.4 Å². The molecule has 1 saturated heterocycles. The second-order valence-electron chi connectivity index (χ2n) is 6.10. The Balaban J connectivity index is 1.96. The number of ether oxygens (including phenoxy) is 3. The zero-order valence-corrected chi connectivity index (χ0v) is 15.5. The molecule has 1 aromatic rings. The van der Waals surface area contributed by atoms with E-state index in [0.29, 0.717) is 24.8 Å². The van der Waals surface area contributed by atoms with Gasteiger partial charge in [0.2, 0.25) is 0 Å². The third-order valence-corrected chi connectivity index (χ3v) is 4.10. The summed E-state index contributed by atoms with van der Waals surface area (Å²) in [6.07, 6.45) is 1.06. The number of halogens is 2. The molecule has 1 aliphatic rings. The molecule has 0 radical (unpaired) electrons. The molecule has 26 heavy (non-hydrogen) atoms. The maximum Gasteiger partial charge on any atom is 0.387 e. The summed E-state index contributed by atoms with van der Waals surface area (Å²) in [6, 6.07) is 4.92. The van der Waals surface area contributed by atoms with Crippen LogP contribution in [0.3, 0.4) is 0 Å². The third-order valence-electron chi connectivity index (χ3n) is 4.10. The number of benzene rings is 1. The van der Waals surface area contributed by atoms with Crippen LogP contribution in [0.1, 0.15) is 18.9 Å². The van der Waals surface area contributed by atoms with Gasteiger partial charge in [0.25, 0.3) is 0 Å². The molecule has 1 unspecified atom stereocenters. The lowest BCUT2D eigenvalue weighted by molar-refractivity contribution is -0.0514. The molecule has 1 N–H and O–H groups in total. The van der Waals surface area contributed by atoms with Gasteiger partial charge in [-0.25, -0.2) is 0 Å². The van der Waals surface area contributed by atoms with Gasteiger partial charge in [0.05, 0.1) is 13.2 Å². The predicted octanol–water partition coefficient (Wildman–Crippen LogP) is 2.73. The zero-order chi connectivity index (χ0) is 18.9. The molecule has 0 amide bonds. The van der Waals surface area contributed by atoms with Crippen molar-refractivity contribution in [3.8, 4) is 11.5 Å². The summed E-state index contributed by atoms with van der Waals surface area (Å²) >= 11 is 0. The van der Waals surface area contributed by atoms with Gasteiger partial charge in [-0.15, -0.1) is 0 Å². The van der Waals surface area contributed by atoms with E-state index in [1.165, 1.54) is 6.07 Å². The third kappa shape index (κ3) is 6.01. The van der Waals surface area contributed by atoms with E-state index in [4.69, 9.17) is 9.47 Å². The Kier molecular flexibility index (Phi) is 7.90. The maximum atomic E-state index is 12.5. The Hall–Kier alpha value is -2.09. The SMILES string of the molecule is CCOc1cc(CNC(=NC)N(C)CC2CCOC2)ccc1OC(F)F. The van der Waals surface area contributed by atoms with Gasteiger partial charge in [-0.05, 0) is 31.0 Å². The first-order chi connectivity index (χ1) is 12.5. The number of hydrogen-bond acceptors (Lipinski definition) is 4. The highest BCUT2D eigenvalue weighted by atomic mass is 19.3. The molecule has 0 aliphatic carbocycles. The van der Waals surface area contributed by atoms with Crippen LogP contribution in [0, 0.1) is 5.92 Å². The molecular weight excluding hydrogens is 344 g/mol. The lowest BCUT2D eigenvalue weighted by atomic mass is 10.1. The minimum atomic E-state index is -2.88. The zero-order valence-electron chi connectivity index (χ0n) is 15.5. The number of alkyl halides is 2. The van der Waals surface area contributed by atoms with E-state index in [0.717, 1.165) is 37.7 Å². The van der Waals surface area contributed by atoms with E-state index in [-0.39, 0.29) is 5.75 Å². The van der Waals surface area contributed by atoms with Crippen molar-refractivity contribution in [1.29, 1.82) is 0 Å².